The highest BCUT2D eigenvalue weighted by Gasteiger charge is 2.31. The quantitative estimate of drug-likeness (QED) is 0.236. The SMILES string of the molecule is CC(C(O)c1cn(S(=O)(=O)c2ccccc2)c2c(F)cc(F)cc12)N(Cc1ccccc1)Cc1ccccc1. The zero-order chi connectivity index (χ0) is 27.6. The van der Waals surface area contributed by atoms with Crippen molar-refractivity contribution >= 4 is 20.9 Å². The van der Waals surface area contributed by atoms with Crippen LogP contribution in [0.15, 0.2) is 114 Å². The molecule has 2 unspecified atom stereocenters. The van der Waals surface area contributed by atoms with Gasteiger partial charge in [-0.05, 0) is 36.2 Å². The Morgan fingerprint density at radius 1 is 0.821 bits per heavy atom. The fourth-order valence-electron chi connectivity index (χ4n) is 4.84. The van der Waals surface area contributed by atoms with Gasteiger partial charge in [-0.3, -0.25) is 4.90 Å². The lowest BCUT2D eigenvalue weighted by atomic mass is 10.00. The molecule has 1 N–H and O–H groups in total. The third kappa shape index (κ3) is 5.49. The van der Waals surface area contributed by atoms with Crippen LogP contribution in [0.3, 0.4) is 0 Å². The second-order valence-corrected chi connectivity index (χ2v) is 11.4. The summed E-state index contributed by atoms with van der Waals surface area (Å²) < 4.78 is 57.4. The number of aromatic nitrogens is 1. The zero-order valence-electron chi connectivity index (χ0n) is 21.3. The lowest BCUT2D eigenvalue weighted by Gasteiger charge is -2.32. The van der Waals surface area contributed by atoms with Gasteiger partial charge in [-0.1, -0.05) is 78.9 Å². The second kappa shape index (κ2) is 11.1. The molecule has 0 radical (unpaired) electrons. The van der Waals surface area contributed by atoms with E-state index in [1.165, 1.54) is 18.3 Å². The normalized spacial score (nSPS) is 13.6. The Hall–Kier alpha value is -3.85. The first-order valence-corrected chi connectivity index (χ1v) is 14.0. The Morgan fingerprint density at radius 2 is 1.33 bits per heavy atom. The minimum Gasteiger partial charge on any atom is -0.387 e. The fourth-order valence-corrected chi connectivity index (χ4v) is 6.25. The topological polar surface area (TPSA) is 62.5 Å². The van der Waals surface area contributed by atoms with Crippen LogP contribution in [0.4, 0.5) is 8.78 Å². The molecule has 0 saturated heterocycles. The Morgan fingerprint density at radius 3 is 1.87 bits per heavy atom. The van der Waals surface area contributed by atoms with Crippen LogP contribution in [0.5, 0.6) is 0 Å². The molecule has 5 nitrogen and oxygen atoms in total. The summed E-state index contributed by atoms with van der Waals surface area (Å²) in [5.41, 5.74) is 1.87. The Labute approximate surface area is 226 Å². The van der Waals surface area contributed by atoms with Crippen LogP contribution in [0.2, 0.25) is 0 Å². The molecule has 39 heavy (non-hydrogen) atoms. The van der Waals surface area contributed by atoms with Gasteiger partial charge < -0.3 is 5.11 Å². The third-order valence-corrected chi connectivity index (χ3v) is 8.60. The molecule has 5 rings (SSSR count). The molecule has 8 heteroatoms. The van der Waals surface area contributed by atoms with E-state index in [-0.39, 0.29) is 21.4 Å². The van der Waals surface area contributed by atoms with E-state index < -0.39 is 33.8 Å². The number of hydrogen-bond acceptors (Lipinski definition) is 4. The summed E-state index contributed by atoms with van der Waals surface area (Å²) >= 11 is 0. The second-order valence-electron chi connectivity index (χ2n) is 9.54. The van der Waals surface area contributed by atoms with Crippen molar-refractivity contribution in [1.82, 2.24) is 8.87 Å². The van der Waals surface area contributed by atoms with E-state index in [1.54, 1.807) is 18.2 Å². The Bertz CT molecular complexity index is 1630. The number of hydrogen-bond donors (Lipinski definition) is 1. The summed E-state index contributed by atoms with van der Waals surface area (Å²) in [4.78, 5) is 2.01. The molecule has 0 aliphatic carbocycles. The first-order chi connectivity index (χ1) is 18.8. The van der Waals surface area contributed by atoms with Crippen LogP contribution in [0.25, 0.3) is 10.9 Å². The van der Waals surface area contributed by atoms with Crippen LogP contribution in [0.1, 0.15) is 29.7 Å². The number of aliphatic hydroxyl groups excluding tert-OH is 1. The van der Waals surface area contributed by atoms with E-state index in [4.69, 9.17) is 0 Å². The molecule has 2 atom stereocenters. The fraction of sp³-hybridized carbons (Fsp3) is 0.161. The van der Waals surface area contributed by atoms with Gasteiger partial charge in [-0.2, -0.15) is 0 Å². The molecular formula is C31H28F2N2O3S. The third-order valence-electron chi connectivity index (χ3n) is 6.92. The summed E-state index contributed by atoms with van der Waals surface area (Å²) in [5, 5.41) is 11.7. The molecule has 0 spiro atoms. The van der Waals surface area contributed by atoms with Crippen molar-refractivity contribution in [2.75, 3.05) is 0 Å². The molecule has 5 aromatic rings. The molecule has 0 aliphatic rings. The van der Waals surface area contributed by atoms with Crippen LogP contribution in [-0.4, -0.2) is 28.4 Å². The maximum atomic E-state index is 15.1. The lowest BCUT2D eigenvalue weighted by molar-refractivity contribution is 0.0493. The number of rotatable bonds is 9. The van der Waals surface area contributed by atoms with E-state index >= 15 is 4.39 Å². The van der Waals surface area contributed by atoms with Crippen molar-refractivity contribution in [3.05, 3.63) is 138 Å². The van der Waals surface area contributed by atoms with Gasteiger partial charge in [0.15, 0.2) is 5.82 Å². The molecule has 0 amide bonds. The predicted molar refractivity (Wildman–Crippen MR) is 147 cm³/mol. The summed E-state index contributed by atoms with van der Waals surface area (Å²) in [6.45, 7) is 2.82. The van der Waals surface area contributed by atoms with E-state index in [0.717, 1.165) is 21.2 Å². The predicted octanol–water partition coefficient (Wildman–Crippen LogP) is 6.28. The number of nitrogens with zero attached hydrogens (tertiary/aromatic N) is 2. The summed E-state index contributed by atoms with van der Waals surface area (Å²) in [6.07, 6.45) is -0.0479. The average molecular weight is 547 g/mol. The van der Waals surface area contributed by atoms with Crippen LogP contribution >= 0.6 is 0 Å². The van der Waals surface area contributed by atoms with Crippen molar-refractivity contribution in [2.24, 2.45) is 0 Å². The molecule has 200 valence electrons. The van der Waals surface area contributed by atoms with Gasteiger partial charge in [0, 0.05) is 42.3 Å². The first-order valence-electron chi connectivity index (χ1n) is 12.6. The average Bonchev–Trinajstić information content (AvgIpc) is 3.34. The largest absolute Gasteiger partial charge is 0.387 e. The van der Waals surface area contributed by atoms with Gasteiger partial charge in [-0.15, -0.1) is 0 Å². The van der Waals surface area contributed by atoms with Crippen LogP contribution < -0.4 is 0 Å². The molecule has 0 saturated carbocycles. The van der Waals surface area contributed by atoms with E-state index in [0.29, 0.717) is 19.2 Å². The molecule has 1 aromatic heterocycles. The molecule has 0 fully saturated rings. The molecule has 0 aliphatic heterocycles. The first kappa shape index (κ1) is 26.7. The highest BCUT2D eigenvalue weighted by molar-refractivity contribution is 7.90. The van der Waals surface area contributed by atoms with Crippen LogP contribution in [0, 0.1) is 11.6 Å². The highest BCUT2D eigenvalue weighted by Crippen LogP contribution is 2.35. The standard InChI is InChI=1S/C31H28F2N2O3S/c1-22(34(19-23-11-5-2-6-12-23)20-24-13-7-3-8-14-24)31(36)28-21-35(30-27(28)17-25(32)18-29(30)33)39(37,38)26-15-9-4-10-16-26/h2-18,21-22,31,36H,19-20H2,1H3. The Balaban J connectivity index is 1.59. The Kier molecular flexibility index (Phi) is 7.61. The number of fused-ring (bicyclic) bond motifs is 1. The van der Waals surface area contributed by atoms with Gasteiger partial charge in [0.05, 0.1) is 11.0 Å². The molecule has 4 aromatic carbocycles. The highest BCUT2D eigenvalue weighted by atomic mass is 32.2. The zero-order valence-corrected chi connectivity index (χ0v) is 22.1. The van der Waals surface area contributed by atoms with Crippen molar-refractivity contribution in [2.45, 2.75) is 37.1 Å². The van der Waals surface area contributed by atoms with E-state index in [2.05, 4.69) is 4.90 Å². The number of benzene rings is 4. The molecular weight excluding hydrogens is 518 g/mol. The van der Waals surface area contributed by atoms with Crippen molar-refractivity contribution in [3.8, 4) is 0 Å². The lowest BCUT2D eigenvalue weighted by Crippen LogP contribution is -2.36. The van der Waals surface area contributed by atoms with Gasteiger partial charge in [0.1, 0.15) is 11.3 Å². The van der Waals surface area contributed by atoms with Gasteiger partial charge in [-0.25, -0.2) is 21.2 Å². The van der Waals surface area contributed by atoms with Gasteiger partial charge >= 0.3 is 0 Å². The van der Waals surface area contributed by atoms with Crippen molar-refractivity contribution < 1.29 is 22.3 Å². The van der Waals surface area contributed by atoms with Crippen LogP contribution in [-0.2, 0) is 23.1 Å². The smallest absolute Gasteiger partial charge is 0.268 e. The minimum absolute atomic E-state index is 0.00530. The van der Waals surface area contributed by atoms with Gasteiger partial charge in [0.25, 0.3) is 10.0 Å². The van der Waals surface area contributed by atoms with Crippen molar-refractivity contribution in [3.63, 3.8) is 0 Å². The monoisotopic (exact) mass is 546 g/mol. The van der Waals surface area contributed by atoms with Crippen molar-refractivity contribution in [1.29, 1.82) is 0 Å². The molecule has 0 bridgehead atoms. The van der Waals surface area contributed by atoms with Gasteiger partial charge in [0.2, 0.25) is 0 Å². The minimum atomic E-state index is -4.23. The number of aliphatic hydroxyl groups is 1. The summed E-state index contributed by atoms with van der Waals surface area (Å²) in [6, 6.07) is 28.3. The summed E-state index contributed by atoms with van der Waals surface area (Å²) in [7, 11) is -4.23. The van der Waals surface area contributed by atoms with E-state index in [9.17, 15) is 17.9 Å². The summed E-state index contributed by atoms with van der Waals surface area (Å²) in [5.74, 6) is -1.89. The number of halogens is 2. The maximum absolute atomic E-state index is 15.1. The molecule has 1 heterocycles. The van der Waals surface area contributed by atoms with E-state index in [1.807, 2.05) is 67.6 Å². The maximum Gasteiger partial charge on any atom is 0.268 e.